The van der Waals surface area contributed by atoms with E-state index in [9.17, 15) is 13.6 Å². The van der Waals surface area contributed by atoms with Crippen LogP contribution in [0.25, 0.3) is 0 Å². The van der Waals surface area contributed by atoms with Gasteiger partial charge < -0.3 is 15.4 Å². The van der Waals surface area contributed by atoms with Gasteiger partial charge in [-0.25, -0.2) is 0 Å². The molecule has 0 atom stereocenters. The number of halogens is 2. The lowest BCUT2D eigenvalue weighted by molar-refractivity contribution is -0.115. The van der Waals surface area contributed by atoms with E-state index < -0.39 is 6.61 Å². The molecular formula is C10H12F2N2O2. The Balaban J connectivity index is 2.54. The monoisotopic (exact) mass is 230 g/mol. The van der Waals surface area contributed by atoms with Crippen LogP contribution in [-0.4, -0.2) is 26.1 Å². The van der Waals surface area contributed by atoms with E-state index in [1.165, 1.54) is 24.3 Å². The Kier molecular flexibility index (Phi) is 4.65. The number of likely N-dealkylation sites (N-methyl/N-ethyl adjacent to an activating group) is 1. The van der Waals surface area contributed by atoms with Crippen LogP contribution >= 0.6 is 0 Å². The molecule has 4 nitrogen and oxygen atoms in total. The maximum absolute atomic E-state index is 11.8. The molecule has 0 spiro atoms. The molecule has 0 heterocycles. The van der Waals surface area contributed by atoms with E-state index in [2.05, 4.69) is 15.4 Å². The molecule has 0 bridgehead atoms. The van der Waals surface area contributed by atoms with Gasteiger partial charge in [-0.1, -0.05) is 0 Å². The van der Waals surface area contributed by atoms with E-state index >= 15 is 0 Å². The number of ether oxygens (including phenoxy) is 1. The largest absolute Gasteiger partial charge is 0.435 e. The van der Waals surface area contributed by atoms with Crippen LogP contribution in [0.4, 0.5) is 14.5 Å². The smallest absolute Gasteiger partial charge is 0.387 e. The molecule has 16 heavy (non-hydrogen) atoms. The van der Waals surface area contributed by atoms with Crippen LogP contribution in [0.5, 0.6) is 5.75 Å². The summed E-state index contributed by atoms with van der Waals surface area (Å²) >= 11 is 0. The van der Waals surface area contributed by atoms with Crippen molar-refractivity contribution in [3.05, 3.63) is 24.3 Å². The Morgan fingerprint density at radius 2 is 2.00 bits per heavy atom. The van der Waals surface area contributed by atoms with Gasteiger partial charge in [-0.15, -0.1) is 0 Å². The number of anilines is 1. The minimum Gasteiger partial charge on any atom is -0.435 e. The van der Waals surface area contributed by atoms with Gasteiger partial charge in [0.25, 0.3) is 0 Å². The van der Waals surface area contributed by atoms with Crippen LogP contribution in [-0.2, 0) is 4.79 Å². The lowest BCUT2D eigenvalue weighted by Gasteiger charge is -2.07. The number of rotatable bonds is 5. The third-order valence-corrected chi connectivity index (χ3v) is 1.70. The topological polar surface area (TPSA) is 50.4 Å². The van der Waals surface area contributed by atoms with Crippen molar-refractivity contribution < 1.29 is 18.3 Å². The molecule has 1 aromatic rings. The number of hydrogen-bond acceptors (Lipinski definition) is 3. The minimum atomic E-state index is -2.84. The van der Waals surface area contributed by atoms with Crippen LogP contribution in [0.3, 0.4) is 0 Å². The van der Waals surface area contributed by atoms with Crippen molar-refractivity contribution in [1.82, 2.24) is 5.32 Å². The van der Waals surface area contributed by atoms with Crippen LogP contribution in [0.1, 0.15) is 0 Å². The molecule has 88 valence electrons. The first kappa shape index (κ1) is 12.4. The normalized spacial score (nSPS) is 10.2. The van der Waals surface area contributed by atoms with Gasteiger partial charge in [-0.3, -0.25) is 4.79 Å². The summed E-state index contributed by atoms with van der Waals surface area (Å²) < 4.78 is 27.8. The van der Waals surface area contributed by atoms with Crippen LogP contribution in [0.15, 0.2) is 24.3 Å². The Labute approximate surface area is 91.6 Å². The second kappa shape index (κ2) is 6.02. The predicted molar refractivity (Wildman–Crippen MR) is 55.6 cm³/mol. The van der Waals surface area contributed by atoms with Gasteiger partial charge in [0, 0.05) is 5.69 Å². The van der Waals surface area contributed by atoms with E-state index in [0.717, 1.165) is 0 Å². The molecule has 0 radical (unpaired) electrons. The molecule has 2 N–H and O–H groups in total. The number of hydrogen-bond donors (Lipinski definition) is 2. The van der Waals surface area contributed by atoms with Crippen LogP contribution < -0.4 is 15.4 Å². The fraction of sp³-hybridized carbons (Fsp3) is 0.300. The lowest BCUT2D eigenvalue weighted by atomic mass is 10.3. The van der Waals surface area contributed by atoms with Crippen molar-refractivity contribution >= 4 is 11.6 Å². The zero-order valence-electron chi connectivity index (χ0n) is 8.67. The van der Waals surface area contributed by atoms with Crippen molar-refractivity contribution in [3.63, 3.8) is 0 Å². The highest BCUT2D eigenvalue weighted by molar-refractivity contribution is 5.92. The minimum absolute atomic E-state index is 0.0571. The number of benzene rings is 1. The summed E-state index contributed by atoms with van der Waals surface area (Å²) in [5, 5.41) is 5.27. The van der Waals surface area contributed by atoms with Gasteiger partial charge in [0.2, 0.25) is 5.91 Å². The highest BCUT2D eigenvalue weighted by Gasteiger charge is 2.04. The molecule has 1 aromatic carbocycles. The summed E-state index contributed by atoms with van der Waals surface area (Å²) in [6.45, 7) is -2.65. The summed E-state index contributed by atoms with van der Waals surface area (Å²) in [6, 6.07) is 5.71. The molecule has 0 unspecified atom stereocenters. The first-order valence-electron chi connectivity index (χ1n) is 4.61. The Morgan fingerprint density at radius 1 is 1.38 bits per heavy atom. The number of alkyl halides is 2. The van der Waals surface area contributed by atoms with Crippen molar-refractivity contribution in [2.45, 2.75) is 6.61 Å². The molecule has 1 rings (SSSR count). The van der Waals surface area contributed by atoms with Gasteiger partial charge in [0.05, 0.1) is 6.54 Å². The van der Waals surface area contributed by atoms with Crippen molar-refractivity contribution in [3.8, 4) is 5.75 Å². The highest BCUT2D eigenvalue weighted by Crippen LogP contribution is 2.17. The van der Waals surface area contributed by atoms with E-state index in [1.54, 1.807) is 7.05 Å². The standard InChI is InChI=1S/C10H12F2N2O2/c1-13-6-9(15)14-7-2-4-8(5-3-7)16-10(11)12/h2-5,10,13H,6H2,1H3,(H,14,15). The summed E-state index contributed by atoms with van der Waals surface area (Å²) in [7, 11) is 1.65. The average molecular weight is 230 g/mol. The fourth-order valence-electron chi connectivity index (χ4n) is 1.09. The van der Waals surface area contributed by atoms with Gasteiger partial charge in [0.1, 0.15) is 5.75 Å². The first-order chi connectivity index (χ1) is 7.61. The van der Waals surface area contributed by atoms with Crippen LogP contribution in [0, 0.1) is 0 Å². The van der Waals surface area contributed by atoms with Crippen molar-refractivity contribution in [2.75, 3.05) is 18.9 Å². The number of nitrogens with one attached hydrogen (secondary N) is 2. The maximum atomic E-state index is 11.8. The Hall–Kier alpha value is -1.69. The second-order valence-electron chi connectivity index (χ2n) is 2.98. The highest BCUT2D eigenvalue weighted by atomic mass is 19.3. The predicted octanol–water partition coefficient (Wildman–Crippen LogP) is 1.45. The third kappa shape index (κ3) is 4.22. The zero-order chi connectivity index (χ0) is 12.0. The molecule has 6 heteroatoms. The van der Waals surface area contributed by atoms with Gasteiger partial charge in [0.15, 0.2) is 0 Å². The second-order valence-corrected chi connectivity index (χ2v) is 2.98. The zero-order valence-corrected chi connectivity index (χ0v) is 8.67. The lowest BCUT2D eigenvalue weighted by Crippen LogP contribution is -2.24. The Morgan fingerprint density at radius 3 is 2.50 bits per heavy atom. The molecule has 0 saturated carbocycles. The van der Waals surface area contributed by atoms with Crippen molar-refractivity contribution in [1.29, 1.82) is 0 Å². The fourth-order valence-corrected chi connectivity index (χ4v) is 1.09. The molecule has 0 aliphatic rings. The summed E-state index contributed by atoms with van der Waals surface area (Å²) in [4.78, 5) is 11.2. The molecular weight excluding hydrogens is 218 g/mol. The number of carbonyl (C=O) groups excluding carboxylic acids is 1. The molecule has 0 fully saturated rings. The molecule has 0 aromatic heterocycles. The Bertz CT molecular complexity index is 341. The van der Waals surface area contributed by atoms with E-state index in [-0.39, 0.29) is 18.2 Å². The average Bonchev–Trinajstić information content (AvgIpc) is 2.20. The number of amides is 1. The molecule has 0 aliphatic carbocycles. The van der Waals surface area contributed by atoms with Gasteiger partial charge >= 0.3 is 6.61 Å². The molecule has 0 aliphatic heterocycles. The third-order valence-electron chi connectivity index (χ3n) is 1.70. The van der Waals surface area contributed by atoms with Crippen molar-refractivity contribution in [2.24, 2.45) is 0 Å². The van der Waals surface area contributed by atoms with Crippen LogP contribution in [0.2, 0.25) is 0 Å². The summed E-state index contributed by atoms with van der Waals surface area (Å²) in [6.07, 6.45) is 0. The quantitative estimate of drug-likeness (QED) is 0.804. The SMILES string of the molecule is CNCC(=O)Nc1ccc(OC(F)F)cc1. The van der Waals surface area contributed by atoms with E-state index in [1.807, 2.05) is 0 Å². The summed E-state index contributed by atoms with van der Waals surface area (Å²) in [5.41, 5.74) is 0.530. The maximum Gasteiger partial charge on any atom is 0.387 e. The number of carbonyl (C=O) groups is 1. The first-order valence-corrected chi connectivity index (χ1v) is 4.61. The molecule has 0 saturated heterocycles. The van der Waals surface area contributed by atoms with E-state index in [4.69, 9.17) is 0 Å². The van der Waals surface area contributed by atoms with Gasteiger partial charge in [-0.2, -0.15) is 8.78 Å². The van der Waals surface area contributed by atoms with E-state index in [0.29, 0.717) is 5.69 Å². The van der Waals surface area contributed by atoms with Gasteiger partial charge in [-0.05, 0) is 31.3 Å². The summed E-state index contributed by atoms with van der Waals surface area (Å²) in [5.74, 6) is -0.147. The molecule has 1 amide bonds.